The second-order valence-electron chi connectivity index (χ2n) is 6.19. The number of thiazole rings is 1. The first-order chi connectivity index (χ1) is 11.5. The maximum absolute atomic E-state index is 12.2. The van der Waals surface area contributed by atoms with Crippen molar-refractivity contribution in [1.82, 2.24) is 20.5 Å². The van der Waals surface area contributed by atoms with Crippen molar-refractivity contribution in [3.8, 4) is 0 Å². The Hall–Kier alpha value is -2.15. The first-order valence-electron chi connectivity index (χ1n) is 8.24. The Morgan fingerprint density at radius 2 is 2.21 bits per heavy atom. The quantitative estimate of drug-likeness (QED) is 0.871. The molecule has 2 heterocycles. The van der Waals surface area contributed by atoms with Crippen LogP contribution in [0.3, 0.4) is 0 Å². The van der Waals surface area contributed by atoms with Crippen LogP contribution in [0.15, 0.2) is 24.3 Å². The standard InChI is InChI=1S/C17H22N4O2S/c1-11(2)21-10-8-13(16(21)22)20-17(23)18-9-7-15-19-12-5-3-4-6-14(12)24-15/h3-6,11,13H,7-10H2,1-2H3,(H2,18,20,23)/t13-/m0/s1. The highest BCUT2D eigenvalue weighted by Crippen LogP contribution is 2.21. The van der Waals surface area contributed by atoms with E-state index in [0.717, 1.165) is 15.2 Å². The van der Waals surface area contributed by atoms with Crippen LogP contribution in [0.1, 0.15) is 25.3 Å². The van der Waals surface area contributed by atoms with Gasteiger partial charge in [-0.1, -0.05) is 12.1 Å². The van der Waals surface area contributed by atoms with Crippen molar-refractivity contribution in [2.24, 2.45) is 0 Å². The maximum atomic E-state index is 12.2. The van der Waals surface area contributed by atoms with Crippen molar-refractivity contribution in [3.05, 3.63) is 29.3 Å². The lowest BCUT2D eigenvalue weighted by Gasteiger charge is -2.21. The zero-order chi connectivity index (χ0) is 17.1. The Labute approximate surface area is 145 Å². The predicted molar refractivity (Wildman–Crippen MR) is 95.1 cm³/mol. The molecule has 3 amide bonds. The van der Waals surface area contributed by atoms with Gasteiger partial charge in [0.1, 0.15) is 6.04 Å². The average Bonchev–Trinajstić information content (AvgIpc) is 3.11. The van der Waals surface area contributed by atoms with Crippen molar-refractivity contribution >= 4 is 33.5 Å². The minimum atomic E-state index is -0.408. The molecular weight excluding hydrogens is 324 g/mol. The molecule has 7 heteroatoms. The number of aromatic nitrogens is 1. The van der Waals surface area contributed by atoms with Crippen molar-refractivity contribution in [1.29, 1.82) is 0 Å². The summed E-state index contributed by atoms with van der Waals surface area (Å²) in [7, 11) is 0. The number of urea groups is 1. The van der Waals surface area contributed by atoms with Gasteiger partial charge in [-0.05, 0) is 32.4 Å². The van der Waals surface area contributed by atoms with E-state index in [4.69, 9.17) is 0 Å². The van der Waals surface area contributed by atoms with Gasteiger partial charge < -0.3 is 15.5 Å². The summed E-state index contributed by atoms with van der Waals surface area (Å²) in [6.45, 7) is 5.17. The summed E-state index contributed by atoms with van der Waals surface area (Å²) >= 11 is 1.64. The van der Waals surface area contributed by atoms with E-state index in [1.165, 1.54) is 0 Å². The number of carbonyl (C=O) groups excluding carboxylic acids is 2. The Kier molecular flexibility index (Phi) is 4.99. The fourth-order valence-electron chi connectivity index (χ4n) is 2.87. The van der Waals surface area contributed by atoms with E-state index < -0.39 is 6.04 Å². The smallest absolute Gasteiger partial charge is 0.315 e. The molecule has 1 aliphatic heterocycles. The van der Waals surface area contributed by atoms with Crippen LogP contribution >= 0.6 is 11.3 Å². The monoisotopic (exact) mass is 346 g/mol. The fourth-order valence-corrected chi connectivity index (χ4v) is 3.83. The molecule has 0 unspecified atom stereocenters. The summed E-state index contributed by atoms with van der Waals surface area (Å²) < 4.78 is 1.15. The number of amides is 3. The number of likely N-dealkylation sites (tertiary alicyclic amines) is 1. The highest BCUT2D eigenvalue weighted by Gasteiger charge is 2.33. The summed E-state index contributed by atoms with van der Waals surface area (Å²) in [6, 6.07) is 7.47. The summed E-state index contributed by atoms with van der Waals surface area (Å²) in [4.78, 5) is 30.5. The molecule has 1 aliphatic rings. The lowest BCUT2D eigenvalue weighted by Crippen LogP contribution is -2.47. The third-order valence-corrected chi connectivity index (χ3v) is 5.23. The molecule has 2 N–H and O–H groups in total. The number of para-hydroxylation sites is 1. The van der Waals surface area contributed by atoms with Crippen LogP contribution in [0.4, 0.5) is 4.79 Å². The van der Waals surface area contributed by atoms with Gasteiger partial charge in [0, 0.05) is 25.6 Å². The number of benzene rings is 1. The fraction of sp³-hybridized carbons (Fsp3) is 0.471. The molecule has 0 bridgehead atoms. The number of fused-ring (bicyclic) bond motifs is 1. The molecule has 1 fully saturated rings. The molecule has 1 saturated heterocycles. The van der Waals surface area contributed by atoms with Gasteiger partial charge >= 0.3 is 6.03 Å². The average molecular weight is 346 g/mol. The number of carbonyl (C=O) groups is 2. The van der Waals surface area contributed by atoms with Crippen molar-refractivity contribution < 1.29 is 9.59 Å². The summed E-state index contributed by atoms with van der Waals surface area (Å²) in [5, 5.41) is 6.58. The van der Waals surface area contributed by atoms with Crippen LogP contribution in [0.25, 0.3) is 10.2 Å². The number of hydrogen-bond acceptors (Lipinski definition) is 4. The molecule has 6 nitrogen and oxygen atoms in total. The second-order valence-corrected chi connectivity index (χ2v) is 7.31. The molecule has 1 aromatic carbocycles. The Balaban J connectivity index is 1.45. The van der Waals surface area contributed by atoms with E-state index in [0.29, 0.717) is 25.9 Å². The molecule has 0 aliphatic carbocycles. The van der Waals surface area contributed by atoms with Crippen molar-refractivity contribution in [3.63, 3.8) is 0 Å². The number of hydrogen-bond donors (Lipinski definition) is 2. The van der Waals surface area contributed by atoms with E-state index in [1.54, 1.807) is 16.2 Å². The molecule has 0 saturated carbocycles. The van der Waals surface area contributed by atoms with E-state index in [9.17, 15) is 9.59 Å². The molecule has 0 spiro atoms. The van der Waals surface area contributed by atoms with Gasteiger partial charge in [0.25, 0.3) is 0 Å². The van der Waals surface area contributed by atoms with Gasteiger partial charge in [0.05, 0.1) is 15.2 Å². The van der Waals surface area contributed by atoms with Crippen LogP contribution in [0, 0.1) is 0 Å². The molecule has 24 heavy (non-hydrogen) atoms. The second kappa shape index (κ2) is 7.17. The summed E-state index contributed by atoms with van der Waals surface area (Å²) in [5.41, 5.74) is 0.993. The van der Waals surface area contributed by atoms with Gasteiger partial charge in [-0.3, -0.25) is 4.79 Å². The number of rotatable bonds is 5. The van der Waals surface area contributed by atoms with Gasteiger partial charge in [-0.25, -0.2) is 9.78 Å². The van der Waals surface area contributed by atoms with E-state index in [2.05, 4.69) is 15.6 Å². The summed E-state index contributed by atoms with van der Waals surface area (Å²) in [5.74, 6) is 0.00585. The Morgan fingerprint density at radius 1 is 1.42 bits per heavy atom. The Morgan fingerprint density at radius 3 is 2.92 bits per heavy atom. The van der Waals surface area contributed by atoms with Crippen LogP contribution in [-0.2, 0) is 11.2 Å². The maximum Gasteiger partial charge on any atom is 0.315 e. The van der Waals surface area contributed by atoms with E-state index >= 15 is 0 Å². The molecule has 2 aromatic rings. The number of nitrogens with one attached hydrogen (secondary N) is 2. The minimum absolute atomic E-state index is 0.00585. The normalized spacial score (nSPS) is 17.7. The van der Waals surface area contributed by atoms with Gasteiger partial charge in [-0.2, -0.15) is 0 Å². The highest BCUT2D eigenvalue weighted by molar-refractivity contribution is 7.18. The molecule has 128 valence electrons. The van der Waals surface area contributed by atoms with Crippen LogP contribution < -0.4 is 10.6 Å². The van der Waals surface area contributed by atoms with Gasteiger partial charge in [0.15, 0.2) is 0 Å². The Bertz CT molecular complexity index is 710. The zero-order valence-corrected chi connectivity index (χ0v) is 14.7. The van der Waals surface area contributed by atoms with E-state index in [-0.39, 0.29) is 18.0 Å². The molecule has 3 rings (SSSR count). The molecular formula is C17H22N4O2S. The van der Waals surface area contributed by atoms with Crippen LogP contribution in [0.2, 0.25) is 0 Å². The largest absolute Gasteiger partial charge is 0.338 e. The SMILES string of the molecule is CC(C)N1CC[C@H](NC(=O)NCCc2nc3ccccc3s2)C1=O. The van der Waals surface area contributed by atoms with Crippen LogP contribution in [-0.4, -0.2) is 47.0 Å². The molecule has 1 atom stereocenters. The lowest BCUT2D eigenvalue weighted by molar-refractivity contribution is -0.130. The first-order valence-corrected chi connectivity index (χ1v) is 9.05. The van der Waals surface area contributed by atoms with Gasteiger partial charge in [0.2, 0.25) is 5.91 Å². The lowest BCUT2D eigenvalue weighted by atomic mass is 10.2. The highest BCUT2D eigenvalue weighted by atomic mass is 32.1. The van der Waals surface area contributed by atoms with E-state index in [1.807, 2.05) is 38.1 Å². The zero-order valence-electron chi connectivity index (χ0n) is 13.9. The van der Waals surface area contributed by atoms with Crippen molar-refractivity contribution in [2.75, 3.05) is 13.1 Å². The minimum Gasteiger partial charge on any atom is -0.338 e. The number of nitrogens with zero attached hydrogens (tertiary/aromatic N) is 2. The van der Waals surface area contributed by atoms with Gasteiger partial charge in [-0.15, -0.1) is 11.3 Å². The summed E-state index contributed by atoms with van der Waals surface area (Å²) in [6.07, 6.45) is 1.35. The third-order valence-electron chi connectivity index (χ3n) is 4.13. The predicted octanol–water partition coefficient (Wildman–Crippen LogP) is 2.15. The van der Waals surface area contributed by atoms with Crippen molar-refractivity contribution in [2.45, 2.75) is 38.8 Å². The van der Waals surface area contributed by atoms with Crippen LogP contribution in [0.5, 0.6) is 0 Å². The topological polar surface area (TPSA) is 74.3 Å². The first kappa shape index (κ1) is 16.7. The third kappa shape index (κ3) is 3.67. The molecule has 0 radical (unpaired) electrons. The molecule has 1 aromatic heterocycles.